The minimum Gasteiger partial charge on any atom is -0.324 e. The molecule has 1 nitrogen and oxygen atoms in total. The van der Waals surface area contributed by atoms with Crippen LogP contribution in [0.25, 0.3) is 0 Å². The highest BCUT2D eigenvalue weighted by Gasteiger charge is 2.03. The first kappa shape index (κ1) is 13.2. The third-order valence-electron chi connectivity index (χ3n) is 2.98. The summed E-state index contributed by atoms with van der Waals surface area (Å²) in [5.74, 6) is 0. The van der Waals surface area contributed by atoms with E-state index >= 15 is 0 Å². The molecule has 0 aliphatic carbocycles. The second kappa shape index (κ2) is 5.59. The second-order valence-corrected chi connectivity index (χ2v) is 5.84. The molecule has 0 saturated carbocycles. The molecule has 0 saturated heterocycles. The molecule has 2 heteroatoms. The Kier molecular flexibility index (Phi) is 4.10. The predicted octanol–water partition coefficient (Wildman–Crippen LogP) is 4.47. The Balaban J connectivity index is 2.21. The Morgan fingerprint density at radius 1 is 1.00 bits per heavy atom. The maximum absolute atomic E-state index is 5.85. The minimum atomic E-state index is 0.102. The lowest BCUT2D eigenvalue weighted by Gasteiger charge is -2.09. The number of rotatable bonds is 3. The van der Waals surface area contributed by atoms with Crippen LogP contribution in [0.4, 0.5) is 0 Å². The number of nitrogens with two attached hydrogens (primary N) is 1. The molecule has 0 amide bonds. The van der Waals surface area contributed by atoms with E-state index in [4.69, 9.17) is 5.73 Å². The van der Waals surface area contributed by atoms with Gasteiger partial charge in [-0.25, -0.2) is 0 Å². The van der Waals surface area contributed by atoms with Crippen LogP contribution in [-0.2, 0) is 0 Å². The van der Waals surface area contributed by atoms with E-state index in [0.29, 0.717) is 0 Å². The summed E-state index contributed by atoms with van der Waals surface area (Å²) < 4.78 is 0. The van der Waals surface area contributed by atoms with Crippen molar-refractivity contribution in [1.82, 2.24) is 0 Å². The topological polar surface area (TPSA) is 26.0 Å². The average molecular weight is 257 g/mol. The van der Waals surface area contributed by atoms with Gasteiger partial charge in [-0.3, -0.25) is 0 Å². The predicted molar refractivity (Wildman–Crippen MR) is 79.1 cm³/mol. The molecule has 1 unspecified atom stereocenters. The zero-order chi connectivity index (χ0) is 13.1. The summed E-state index contributed by atoms with van der Waals surface area (Å²) in [4.78, 5) is 2.58. The summed E-state index contributed by atoms with van der Waals surface area (Å²) in [5.41, 5.74) is 9.66. The normalized spacial score (nSPS) is 12.4. The van der Waals surface area contributed by atoms with Gasteiger partial charge < -0.3 is 5.73 Å². The van der Waals surface area contributed by atoms with Crippen LogP contribution in [0.15, 0.2) is 52.3 Å². The van der Waals surface area contributed by atoms with Crippen molar-refractivity contribution < 1.29 is 0 Å². The Labute approximate surface area is 113 Å². The van der Waals surface area contributed by atoms with E-state index in [1.165, 1.54) is 26.5 Å². The van der Waals surface area contributed by atoms with Crippen molar-refractivity contribution in [3.8, 4) is 0 Å². The molecule has 0 aliphatic rings. The molecule has 2 rings (SSSR count). The molecule has 0 radical (unpaired) electrons. The third-order valence-corrected chi connectivity index (χ3v) is 4.14. The molecule has 0 heterocycles. The maximum atomic E-state index is 5.85. The first-order valence-corrected chi connectivity index (χ1v) is 6.98. The average Bonchev–Trinajstić information content (AvgIpc) is 2.34. The van der Waals surface area contributed by atoms with Gasteiger partial charge in [0.25, 0.3) is 0 Å². The minimum absolute atomic E-state index is 0.102. The molecule has 0 aliphatic heterocycles. The van der Waals surface area contributed by atoms with Crippen LogP contribution < -0.4 is 5.73 Å². The zero-order valence-electron chi connectivity index (χ0n) is 11.1. The van der Waals surface area contributed by atoms with Crippen LogP contribution >= 0.6 is 11.8 Å². The van der Waals surface area contributed by atoms with Gasteiger partial charge in [0.05, 0.1) is 0 Å². The highest BCUT2D eigenvalue weighted by Crippen LogP contribution is 2.31. The van der Waals surface area contributed by atoms with Crippen molar-refractivity contribution in [2.45, 2.75) is 36.6 Å². The Morgan fingerprint density at radius 3 is 2.28 bits per heavy atom. The summed E-state index contributed by atoms with van der Waals surface area (Å²) >= 11 is 1.81. The quantitative estimate of drug-likeness (QED) is 0.877. The smallest absolute Gasteiger partial charge is 0.0266 e. The summed E-state index contributed by atoms with van der Waals surface area (Å²) in [6.07, 6.45) is 0. The van der Waals surface area contributed by atoms with Crippen LogP contribution in [0.3, 0.4) is 0 Å². The van der Waals surface area contributed by atoms with Crippen molar-refractivity contribution in [1.29, 1.82) is 0 Å². The molecule has 2 aromatic carbocycles. The van der Waals surface area contributed by atoms with E-state index < -0.39 is 0 Å². The first-order valence-electron chi connectivity index (χ1n) is 6.17. The lowest BCUT2D eigenvalue weighted by Crippen LogP contribution is -2.04. The molecule has 0 bridgehead atoms. The third kappa shape index (κ3) is 3.15. The van der Waals surface area contributed by atoms with Gasteiger partial charge in [-0.1, -0.05) is 36.0 Å². The standard InChI is InChI=1S/C16H19NS/c1-11-4-5-12(2)16(10-11)18-15-8-6-14(7-9-15)13(3)17/h4-10,13H,17H2,1-3H3. The van der Waals surface area contributed by atoms with Crippen molar-refractivity contribution >= 4 is 11.8 Å². The van der Waals surface area contributed by atoms with Crippen molar-refractivity contribution in [3.05, 3.63) is 59.2 Å². The highest BCUT2D eigenvalue weighted by atomic mass is 32.2. The first-order chi connectivity index (χ1) is 8.56. The van der Waals surface area contributed by atoms with E-state index in [9.17, 15) is 0 Å². The largest absolute Gasteiger partial charge is 0.324 e. The molecule has 1 atom stereocenters. The van der Waals surface area contributed by atoms with Gasteiger partial charge in [0.2, 0.25) is 0 Å². The molecular weight excluding hydrogens is 238 g/mol. The fourth-order valence-electron chi connectivity index (χ4n) is 1.78. The summed E-state index contributed by atoms with van der Waals surface area (Å²) in [6.45, 7) is 6.29. The van der Waals surface area contributed by atoms with Gasteiger partial charge in [-0.2, -0.15) is 0 Å². The molecule has 2 N–H and O–H groups in total. The van der Waals surface area contributed by atoms with Crippen molar-refractivity contribution in [3.63, 3.8) is 0 Å². The SMILES string of the molecule is Cc1ccc(C)c(Sc2ccc(C(C)N)cc2)c1. The van der Waals surface area contributed by atoms with E-state index in [0.717, 1.165) is 0 Å². The Morgan fingerprint density at radius 2 is 1.67 bits per heavy atom. The molecule has 18 heavy (non-hydrogen) atoms. The zero-order valence-corrected chi connectivity index (χ0v) is 11.9. The molecule has 94 valence electrons. The van der Waals surface area contributed by atoms with E-state index in [1.807, 2.05) is 18.7 Å². The monoisotopic (exact) mass is 257 g/mol. The molecular formula is C16H19NS. The molecule has 0 spiro atoms. The van der Waals surface area contributed by atoms with Crippen LogP contribution in [0.5, 0.6) is 0 Å². The number of aryl methyl sites for hydroxylation is 2. The fourth-order valence-corrected chi connectivity index (χ4v) is 2.78. The van der Waals surface area contributed by atoms with Gasteiger partial charge in [0, 0.05) is 15.8 Å². The highest BCUT2D eigenvalue weighted by molar-refractivity contribution is 7.99. The Hall–Kier alpha value is -1.25. The number of hydrogen-bond acceptors (Lipinski definition) is 2. The summed E-state index contributed by atoms with van der Waals surface area (Å²) in [5, 5.41) is 0. The van der Waals surface area contributed by atoms with E-state index in [2.05, 4.69) is 56.3 Å². The van der Waals surface area contributed by atoms with Gasteiger partial charge in [-0.05, 0) is 55.7 Å². The van der Waals surface area contributed by atoms with Crippen molar-refractivity contribution in [2.75, 3.05) is 0 Å². The molecule has 2 aromatic rings. The van der Waals surface area contributed by atoms with Crippen LogP contribution in [-0.4, -0.2) is 0 Å². The van der Waals surface area contributed by atoms with E-state index in [1.54, 1.807) is 0 Å². The second-order valence-electron chi connectivity index (χ2n) is 4.73. The lowest BCUT2D eigenvalue weighted by molar-refractivity contribution is 0.817. The lowest BCUT2D eigenvalue weighted by atomic mass is 10.1. The van der Waals surface area contributed by atoms with Crippen molar-refractivity contribution in [2.24, 2.45) is 5.73 Å². The van der Waals surface area contributed by atoms with E-state index in [-0.39, 0.29) is 6.04 Å². The maximum Gasteiger partial charge on any atom is 0.0266 e. The number of hydrogen-bond donors (Lipinski definition) is 1. The van der Waals surface area contributed by atoms with Gasteiger partial charge >= 0.3 is 0 Å². The number of benzene rings is 2. The van der Waals surface area contributed by atoms with Crippen LogP contribution in [0.1, 0.15) is 29.7 Å². The van der Waals surface area contributed by atoms with Crippen LogP contribution in [0, 0.1) is 13.8 Å². The molecule has 0 fully saturated rings. The van der Waals surface area contributed by atoms with Crippen LogP contribution in [0.2, 0.25) is 0 Å². The molecule has 0 aromatic heterocycles. The van der Waals surface area contributed by atoms with Gasteiger partial charge in [0.15, 0.2) is 0 Å². The summed E-state index contributed by atoms with van der Waals surface area (Å²) in [7, 11) is 0. The Bertz CT molecular complexity index is 529. The van der Waals surface area contributed by atoms with Gasteiger partial charge in [0.1, 0.15) is 0 Å². The van der Waals surface area contributed by atoms with Gasteiger partial charge in [-0.15, -0.1) is 0 Å². The summed E-state index contributed by atoms with van der Waals surface area (Å²) in [6, 6.07) is 15.2. The fraction of sp³-hybridized carbons (Fsp3) is 0.250.